The highest BCUT2D eigenvalue weighted by Gasteiger charge is 2.26. The molecule has 0 saturated carbocycles. The Labute approximate surface area is 160 Å². The second-order valence-corrected chi connectivity index (χ2v) is 11.0. The highest BCUT2D eigenvalue weighted by Crippen LogP contribution is 2.60. The van der Waals surface area contributed by atoms with E-state index in [1.807, 2.05) is 6.92 Å². The monoisotopic (exact) mass is 418 g/mol. The summed E-state index contributed by atoms with van der Waals surface area (Å²) in [5, 5.41) is 0.598. The SMILES string of the molecule is CCCSP(=O)(OCC)Oc1ccc(S(=O)c2ccc(Cl)cc2)cc1. The number of halogens is 1. The van der Waals surface area contributed by atoms with Crippen molar-refractivity contribution < 1.29 is 17.8 Å². The van der Waals surface area contributed by atoms with E-state index in [2.05, 4.69) is 0 Å². The van der Waals surface area contributed by atoms with Gasteiger partial charge in [0.2, 0.25) is 0 Å². The molecule has 2 aromatic rings. The van der Waals surface area contributed by atoms with Gasteiger partial charge in [-0.2, -0.15) is 0 Å². The molecule has 0 radical (unpaired) electrons. The van der Waals surface area contributed by atoms with Crippen LogP contribution in [0.3, 0.4) is 0 Å². The predicted molar refractivity (Wildman–Crippen MR) is 105 cm³/mol. The third kappa shape index (κ3) is 6.15. The third-order valence-electron chi connectivity index (χ3n) is 3.02. The van der Waals surface area contributed by atoms with Crippen molar-refractivity contribution in [2.24, 2.45) is 0 Å². The van der Waals surface area contributed by atoms with E-state index < -0.39 is 17.6 Å². The standard InChI is InChI=1S/C17H20ClO4PS2/c1-3-13-24-23(19,21-4-2)22-15-7-11-17(12-8-15)25(20)16-9-5-14(18)6-10-16/h5-12H,3-4,13H2,1-2H3. The normalized spacial score (nSPS) is 14.7. The molecule has 0 aliphatic heterocycles. The van der Waals surface area contributed by atoms with Crippen LogP contribution in [0.2, 0.25) is 5.02 Å². The first-order valence-corrected chi connectivity index (χ1v) is 12.5. The van der Waals surface area contributed by atoms with Crippen LogP contribution in [0.25, 0.3) is 0 Å². The maximum absolute atomic E-state index is 12.7. The molecule has 0 aromatic heterocycles. The fraction of sp³-hybridized carbons (Fsp3) is 0.294. The van der Waals surface area contributed by atoms with E-state index >= 15 is 0 Å². The lowest BCUT2D eigenvalue weighted by atomic mass is 10.3. The van der Waals surface area contributed by atoms with Crippen LogP contribution in [0.4, 0.5) is 0 Å². The van der Waals surface area contributed by atoms with Crippen molar-refractivity contribution in [1.82, 2.24) is 0 Å². The van der Waals surface area contributed by atoms with Gasteiger partial charge in [-0.3, -0.25) is 4.52 Å². The van der Waals surface area contributed by atoms with Gasteiger partial charge >= 0.3 is 6.80 Å². The first-order valence-electron chi connectivity index (χ1n) is 7.83. The molecule has 0 heterocycles. The Kier molecular flexibility index (Phi) is 8.04. The Bertz CT molecular complexity index is 750. The van der Waals surface area contributed by atoms with Gasteiger partial charge in [-0.1, -0.05) is 18.5 Å². The summed E-state index contributed by atoms with van der Waals surface area (Å²) in [6.07, 6.45) is 0.879. The minimum absolute atomic E-state index is 0.312. The van der Waals surface area contributed by atoms with Gasteiger partial charge in [0.1, 0.15) is 5.75 Å². The van der Waals surface area contributed by atoms with Crippen molar-refractivity contribution in [2.45, 2.75) is 30.1 Å². The highest BCUT2D eigenvalue weighted by atomic mass is 35.5. The molecular formula is C17H20ClO4PS2. The molecular weight excluding hydrogens is 399 g/mol. The van der Waals surface area contributed by atoms with Gasteiger partial charge in [0.15, 0.2) is 0 Å². The van der Waals surface area contributed by atoms with Crippen LogP contribution in [-0.2, 0) is 19.9 Å². The first kappa shape index (κ1) is 20.5. The quantitative estimate of drug-likeness (QED) is 0.455. The Morgan fingerprint density at radius 1 is 1.04 bits per heavy atom. The minimum atomic E-state index is -3.23. The molecule has 8 heteroatoms. The fourth-order valence-electron chi connectivity index (χ4n) is 1.90. The zero-order valence-electron chi connectivity index (χ0n) is 14.0. The molecule has 2 aromatic carbocycles. The van der Waals surface area contributed by atoms with Crippen molar-refractivity contribution >= 4 is 40.6 Å². The van der Waals surface area contributed by atoms with Gasteiger partial charge in [-0.15, -0.1) is 0 Å². The Balaban J connectivity index is 2.11. The van der Waals surface area contributed by atoms with Crippen molar-refractivity contribution in [1.29, 1.82) is 0 Å². The summed E-state index contributed by atoms with van der Waals surface area (Å²) in [4.78, 5) is 1.29. The van der Waals surface area contributed by atoms with Gasteiger partial charge in [0.05, 0.1) is 17.4 Å². The summed E-state index contributed by atoms with van der Waals surface area (Å²) in [7, 11) is -1.31. The first-order chi connectivity index (χ1) is 12.0. The van der Waals surface area contributed by atoms with Crippen LogP contribution < -0.4 is 4.52 Å². The van der Waals surface area contributed by atoms with Crippen LogP contribution in [0, 0.1) is 0 Å². The van der Waals surface area contributed by atoms with Gasteiger partial charge < -0.3 is 4.52 Å². The van der Waals surface area contributed by atoms with Gasteiger partial charge in [-0.25, -0.2) is 8.77 Å². The van der Waals surface area contributed by atoms with E-state index in [9.17, 15) is 8.77 Å². The summed E-state index contributed by atoms with van der Waals surface area (Å²) in [6, 6.07) is 13.6. The summed E-state index contributed by atoms with van der Waals surface area (Å²) < 4.78 is 36.1. The number of hydrogen-bond acceptors (Lipinski definition) is 5. The largest absolute Gasteiger partial charge is 0.440 e. The molecule has 136 valence electrons. The average molecular weight is 419 g/mol. The van der Waals surface area contributed by atoms with E-state index in [0.29, 0.717) is 32.9 Å². The number of hydrogen-bond donors (Lipinski definition) is 0. The Hall–Kier alpha value is -0.780. The van der Waals surface area contributed by atoms with E-state index in [1.54, 1.807) is 55.5 Å². The van der Waals surface area contributed by atoms with E-state index in [0.717, 1.165) is 6.42 Å². The molecule has 2 rings (SSSR count). The molecule has 0 amide bonds. The molecule has 0 fully saturated rings. The summed E-state index contributed by atoms with van der Waals surface area (Å²) >= 11 is 7.04. The molecule has 0 aliphatic rings. The molecule has 4 nitrogen and oxygen atoms in total. The molecule has 2 unspecified atom stereocenters. The molecule has 25 heavy (non-hydrogen) atoms. The predicted octanol–water partition coefficient (Wildman–Crippen LogP) is 6.17. The Morgan fingerprint density at radius 3 is 2.12 bits per heavy atom. The van der Waals surface area contributed by atoms with E-state index in [1.165, 1.54) is 11.4 Å². The molecule has 0 saturated heterocycles. The van der Waals surface area contributed by atoms with Gasteiger partial charge in [0, 0.05) is 20.6 Å². The molecule has 0 bridgehead atoms. The molecule has 0 spiro atoms. The molecule has 2 atom stereocenters. The average Bonchev–Trinajstić information content (AvgIpc) is 2.61. The van der Waals surface area contributed by atoms with Crippen molar-refractivity contribution in [3.63, 3.8) is 0 Å². The van der Waals surface area contributed by atoms with E-state index in [4.69, 9.17) is 20.6 Å². The lowest BCUT2D eigenvalue weighted by molar-refractivity contribution is 0.296. The second-order valence-electron chi connectivity index (χ2n) is 4.98. The fourth-order valence-corrected chi connectivity index (χ4v) is 6.52. The van der Waals surface area contributed by atoms with E-state index in [-0.39, 0.29) is 0 Å². The van der Waals surface area contributed by atoms with Crippen molar-refractivity contribution in [3.8, 4) is 5.75 Å². The smallest absolute Gasteiger partial charge is 0.417 e. The zero-order valence-corrected chi connectivity index (χ0v) is 17.3. The molecule has 0 N–H and O–H groups in total. The molecule has 0 aliphatic carbocycles. The second kappa shape index (κ2) is 9.79. The topological polar surface area (TPSA) is 52.6 Å². The summed E-state index contributed by atoms with van der Waals surface area (Å²) in [6.45, 7) is 0.861. The Morgan fingerprint density at radius 2 is 1.60 bits per heavy atom. The van der Waals surface area contributed by atoms with Crippen LogP contribution >= 0.6 is 29.8 Å². The summed E-state index contributed by atoms with van der Waals surface area (Å²) in [5.41, 5.74) is 0. The van der Waals surface area contributed by atoms with Gasteiger partial charge in [-0.05, 0) is 73.3 Å². The zero-order chi connectivity index (χ0) is 18.3. The minimum Gasteiger partial charge on any atom is -0.417 e. The lowest BCUT2D eigenvalue weighted by Gasteiger charge is -2.17. The van der Waals surface area contributed by atoms with Crippen molar-refractivity contribution in [3.05, 3.63) is 53.6 Å². The maximum atomic E-state index is 12.7. The third-order valence-corrected chi connectivity index (χ3v) is 8.63. The number of rotatable bonds is 9. The van der Waals surface area contributed by atoms with Crippen LogP contribution in [-0.4, -0.2) is 16.6 Å². The summed E-state index contributed by atoms with van der Waals surface area (Å²) in [5.74, 6) is 1.12. The van der Waals surface area contributed by atoms with Crippen LogP contribution in [0.15, 0.2) is 58.3 Å². The number of benzene rings is 2. The maximum Gasteiger partial charge on any atom is 0.440 e. The van der Waals surface area contributed by atoms with Crippen LogP contribution in [0.5, 0.6) is 5.75 Å². The van der Waals surface area contributed by atoms with Gasteiger partial charge in [0.25, 0.3) is 0 Å². The highest BCUT2D eigenvalue weighted by molar-refractivity contribution is 8.55. The van der Waals surface area contributed by atoms with Crippen LogP contribution in [0.1, 0.15) is 20.3 Å². The van der Waals surface area contributed by atoms with Crippen molar-refractivity contribution in [2.75, 3.05) is 12.4 Å². The lowest BCUT2D eigenvalue weighted by Crippen LogP contribution is -1.97.